The monoisotopic (exact) mass is 277 g/mol. The molecule has 0 saturated carbocycles. The van der Waals surface area contributed by atoms with Gasteiger partial charge >= 0.3 is 0 Å². The standard InChI is InChI=1S/C17H31N3/c1-8-11-16(12-15(9-2)13(4)5)14(6)20(18)17(10-3)19-7/h10,15-16H,3-4,6,8-9,11-12,18H2,1-2,5,7H3/b19-17+. The van der Waals surface area contributed by atoms with Crippen molar-refractivity contribution in [2.75, 3.05) is 7.05 Å². The quantitative estimate of drug-likeness (QED) is 0.224. The molecule has 0 fully saturated rings. The molecule has 0 radical (unpaired) electrons. The molecule has 3 heteroatoms. The lowest BCUT2D eigenvalue weighted by molar-refractivity contribution is 0.355. The molecule has 2 unspecified atom stereocenters. The molecule has 0 amide bonds. The van der Waals surface area contributed by atoms with Crippen molar-refractivity contribution >= 4 is 5.84 Å². The van der Waals surface area contributed by atoms with E-state index in [4.69, 9.17) is 5.84 Å². The number of nitrogens with zero attached hydrogens (tertiary/aromatic N) is 2. The zero-order valence-corrected chi connectivity index (χ0v) is 13.7. The highest BCUT2D eigenvalue weighted by atomic mass is 15.4. The van der Waals surface area contributed by atoms with E-state index in [-0.39, 0.29) is 0 Å². The van der Waals surface area contributed by atoms with Crippen molar-refractivity contribution in [3.05, 3.63) is 37.1 Å². The molecule has 114 valence electrons. The predicted octanol–water partition coefficient (Wildman–Crippen LogP) is 4.30. The van der Waals surface area contributed by atoms with Gasteiger partial charge in [-0.15, -0.1) is 0 Å². The van der Waals surface area contributed by atoms with Crippen LogP contribution in [0.2, 0.25) is 0 Å². The van der Waals surface area contributed by atoms with E-state index < -0.39 is 0 Å². The van der Waals surface area contributed by atoms with Gasteiger partial charge < -0.3 is 0 Å². The number of allylic oxidation sites excluding steroid dienone is 2. The van der Waals surface area contributed by atoms with Gasteiger partial charge in [-0.25, -0.2) is 5.84 Å². The molecule has 20 heavy (non-hydrogen) atoms. The van der Waals surface area contributed by atoms with E-state index in [1.54, 1.807) is 18.1 Å². The van der Waals surface area contributed by atoms with Crippen molar-refractivity contribution in [3.63, 3.8) is 0 Å². The van der Waals surface area contributed by atoms with Crippen molar-refractivity contribution < 1.29 is 0 Å². The molecule has 0 aromatic rings. The summed E-state index contributed by atoms with van der Waals surface area (Å²) >= 11 is 0. The van der Waals surface area contributed by atoms with E-state index >= 15 is 0 Å². The Bertz CT molecular complexity index is 368. The highest BCUT2D eigenvalue weighted by molar-refractivity contribution is 5.93. The number of hydrogen-bond donors (Lipinski definition) is 1. The number of hydrogen-bond acceptors (Lipinski definition) is 2. The Labute approximate surface area is 124 Å². The summed E-state index contributed by atoms with van der Waals surface area (Å²) in [5, 5.41) is 1.57. The van der Waals surface area contributed by atoms with Crippen LogP contribution in [0.25, 0.3) is 0 Å². The van der Waals surface area contributed by atoms with Crippen LogP contribution in [-0.4, -0.2) is 17.9 Å². The molecule has 2 N–H and O–H groups in total. The van der Waals surface area contributed by atoms with Crippen molar-refractivity contribution in [3.8, 4) is 0 Å². The molecule has 2 atom stereocenters. The Morgan fingerprint density at radius 3 is 2.25 bits per heavy atom. The first-order valence-electron chi connectivity index (χ1n) is 7.40. The van der Waals surface area contributed by atoms with Crippen LogP contribution < -0.4 is 5.84 Å². The van der Waals surface area contributed by atoms with Gasteiger partial charge in [0.15, 0.2) is 0 Å². The molecule has 0 bridgehead atoms. The van der Waals surface area contributed by atoms with Gasteiger partial charge in [0.1, 0.15) is 5.84 Å². The smallest absolute Gasteiger partial charge is 0.141 e. The normalized spacial score (nSPS) is 14.6. The van der Waals surface area contributed by atoms with Crippen LogP contribution in [0.15, 0.2) is 42.1 Å². The van der Waals surface area contributed by atoms with Crippen LogP contribution in [-0.2, 0) is 0 Å². The highest BCUT2D eigenvalue weighted by Crippen LogP contribution is 2.30. The molecule has 0 rings (SSSR count). The van der Waals surface area contributed by atoms with Crippen LogP contribution in [0, 0.1) is 11.8 Å². The third-order valence-electron chi connectivity index (χ3n) is 3.84. The largest absolute Gasteiger partial charge is 0.271 e. The summed E-state index contributed by atoms with van der Waals surface area (Å²) in [5.41, 5.74) is 2.14. The zero-order chi connectivity index (χ0) is 15.7. The Kier molecular flexibility index (Phi) is 8.89. The molecular formula is C17H31N3. The van der Waals surface area contributed by atoms with Crippen molar-refractivity contribution in [1.29, 1.82) is 0 Å². The van der Waals surface area contributed by atoms with Crippen LogP contribution >= 0.6 is 0 Å². The van der Waals surface area contributed by atoms with Gasteiger partial charge in [-0.2, -0.15) is 0 Å². The maximum absolute atomic E-state index is 6.12. The number of amidine groups is 1. The van der Waals surface area contributed by atoms with Crippen LogP contribution in [0.3, 0.4) is 0 Å². The molecule has 0 saturated heterocycles. The van der Waals surface area contributed by atoms with Gasteiger partial charge in [-0.3, -0.25) is 10.0 Å². The SMILES string of the molecule is C=C/C(=N\C)N(N)C(=C)C(CCC)CC(CC)C(=C)C. The lowest BCUT2D eigenvalue weighted by Crippen LogP contribution is -2.38. The van der Waals surface area contributed by atoms with Gasteiger partial charge in [0.2, 0.25) is 0 Å². The van der Waals surface area contributed by atoms with E-state index in [0.717, 1.165) is 31.4 Å². The summed E-state index contributed by atoms with van der Waals surface area (Å²) in [6.07, 6.45) is 5.98. The second-order valence-electron chi connectivity index (χ2n) is 5.32. The molecule has 0 aromatic heterocycles. The lowest BCUT2D eigenvalue weighted by Gasteiger charge is -2.30. The fourth-order valence-corrected chi connectivity index (χ4v) is 2.47. The second-order valence-corrected chi connectivity index (χ2v) is 5.32. The molecule has 0 aliphatic carbocycles. The third kappa shape index (κ3) is 5.33. The molecule has 3 nitrogen and oxygen atoms in total. The van der Waals surface area contributed by atoms with E-state index in [0.29, 0.717) is 17.7 Å². The first kappa shape index (κ1) is 18.7. The summed E-state index contributed by atoms with van der Waals surface area (Å²) in [6.45, 7) is 18.5. The predicted molar refractivity (Wildman–Crippen MR) is 90.3 cm³/mol. The second kappa shape index (κ2) is 9.54. The van der Waals surface area contributed by atoms with E-state index in [9.17, 15) is 0 Å². The number of aliphatic imine (C=N–C) groups is 1. The summed E-state index contributed by atoms with van der Waals surface area (Å²) < 4.78 is 0. The van der Waals surface area contributed by atoms with Crippen LogP contribution in [0.4, 0.5) is 0 Å². The van der Waals surface area contributed by atoms with Gasteiger partial charge in [0, 0.05) is 18.7 Å². The molecule has 0 aromatic carbocycles. The van der Waals surface area contributed by atoms with Crippen LogP contribution in [0.1, 0.15) is 46.5 Å². The van der Waals surface area contributed by atoms with Crippen LogP contribution in [0.5, 0.6) is 0 Å². The molecular weight excluding hydrogens is 246 g/mol. The Morgan fingerprint density at radius 2 is 1.90 bits per heavy atom. The van der Waals surface area contributed by atoms with Crippen molar-refractivity contribution in [2.45, 2.75) is 46.5 Å². The van der Waals surface area contributed by atoms with Crippen molar-refractivity contribution in [1.82, 2.24) is 5.01 Å². The summed E-state index contributed by atoms with van der Waals surface area (Å²) in [4.78, 5) is 4.13. The fraction of sp³-hybridized carbons (Fsp3) is 0.588. The number of rotatable bonds is 9. The Morgan fingerprint density at radius 1 is 1.30 bits per heavy atom. The summed E-state index contributed by atoms with van der Waals surface area (Å²) in [6, 6.07) is 0. The maximum Gasteiger partial charge on any atom is 0.141 e. The van der Waals surface area contributed by atoms with Gasteiger partial charge in [0.05, 0.1) is 0 Å². The van der Waals surface area contributed by atoms with E-state index in [1.165, 1.54) is 5.57 Å². The average molecular weight is 277 g/mol. The zero-order valence-electron chi connectivity index (χ0n) is 13.7. The van der Waals surface area contributed by atoms with E-state index in [1.807, 2.05) is 0 Å². The third-order valence-corrected chi connectivity index (χ3v) is 3.84. The van der Waals surface area contributed by atoms with Gasteiger partial charge in [-0.05, 0) is 38.2 Å². The number of hydrazine groups is 1. The van der Waals surface area contributed by atoms with Gasteiger partial charge in [0.25, 0.3) is 0 Å². The first-order chi connectivity index (χ1) is 9.42. The minimum absolute atomic E-state index is 0.350. The van der Waals surface area contributed by atoms with Gasteiger partial charge in [-0.1, -0.05) is 45.6 Å². The first-order valence-corrected chi connectivity index (χ1v) is 7.40. The molecule has 0 heterocycles. The van der Waals surface area contributed by atoms with Crippen molar-refractivity contribution in [2.24, 2.45) is 22.7 Å². The van der Waals surface area contributed by atoms with E-state index in [2.05, 4.69) is 45.5 Å². The minimum Gasteiger partial charge on any atom is -0.271 e. The Balaban J connectivity index is 5.02. The fourth-order valence-electron chi connectivity index (χ4n) is 2.47. The lowest BCUT2D eigenvalue weighted by atomic mass is 9.84. The minimum atomic E-state index is 0.350. The molecule has 0 spiro atoms. The number of nitrogens with two attached hydrogens (primary N) is 1. The average Bonchev–Trinajstić information content (AvgIpc) is 2.43. The topological polar surface area (TPSA) is 41.6 Å². The highest BCUT2D eigenvalue weighted by Gasteiger charge is 2.21. The molecule has 0 aliphatic rings. The Hall–Kier alpha value is -1.35. The maximum atomic E-state index is 6.12. The summed E-state index contributed by atoms with van der Waals surface area (Å²) in [5.74, 6) is 7.64. The molecule has 0 aliphatic heterocycles. The summed E-state index contributed by atoms with van der Waals surface area (Å²) in [7, 11) is 1.71.